The third-order valence-corrected chi connectivity index (χ3v) is 8.70. The monoisotopic (exact) mass is 456 g/mol. The molecule has 0 atom stereocenters. The van der Waals surface area contributed by atoms with Crippen molar-refractivity contribution in [3.8, 4) is 0 Å². The van der Waals surface area contributed by atoms with Gasteiger partial charge in [0.15, 0.2) is 0 Å². The van der Waals surface area contributed by atoms with Gasteiger partial charge in [-0.3, -0.25) is 0 Å². The maximum Gasteiger partial charge on any atom is 0.391 e. The first-order valence-corrected chi connectivity index (χ1v) is 12.2. The Balaban J connectivity index is 1.66. The lowest BCUT2D eigenvalue weighted by Gasteiger charge is -2.30. The zero-order valence-electron chi connectivity index (χ0n) is 15.6. The van der Waals surface area contributed by atoms with E-state index < -0.39 is 38.2 Å². The number of hydrogen-bond acceptors (Lipinski definition) is 5. The van der Waals surface area contributed by atoms with E-state index in [2.05, 4.69) is 4.72 Å². The second-order valence-electron chi connectivity index (χ2n) is 7.20. The molecule has 1 saturated heterocycles. The number of rotatable bonds is 5. The number of nitrogens with zero attached hydrogens (tertiary/aromatic N) is 1. The van der Waals surface area contributed by atoms with Gasteiger partial charge in [-0.2, -0.15) is 17.5 Å². The average molecular weight is 457 g/mol. The summed E-state index contributed by atoms with van der Waals surface area (Å²) in [6.45, 7) is 1.05. The second kappa shape index (κ2) is 8.50. The number of morpholine rings is 1. The van der Waals surface area contributed by atoms with Crippen molar-refractivity contribution in [3.05, 3.63) is 24.3 Å². The Labute approximate surface area is 168 Å². The van der Waals surface area contributed by atoms with Crippen LogP contribution in [-0.4, -0.2) is 59.7 Å². The highest BCUT2D eigenvalue weighted by atomic mass is 32.2. The van der Waals surface area contributed by atoms with Gasteiger partial charge >= 0.3 is 6.18 Å². The molecule has 1 aliphatic heterocycles. The lowest BCUT2D eigenvalue weighted by atomic mass is 9.86. The van der Waals surface area contributed by atoms with Crippen molar-refractivity contribution in [1.29, 1.82) is 0 Å². The van der Waals surface area contributed by atoms with Crippen LogP contribution in [0.3, 0.4) is 0 Å². The minimum Gasteiger partial charge on any atom is -0.379 e. The van der Waals surface area contributed by atoms with Crippen LogP contribution < -0.4 is 4.72 Å². The molecule has 29 heavy (non-hydrogen) atoms. The summed E-state index contributed by atoms with van der Waals surface area (Å²) < 4.78 is 97.3. The van der Waals surface area contributed by atoms with E-state index in [9.17, 15) is 30.0 Å². The molecule has 164 valence electrons. The first kappa shape index (κ1) is 22.5. The molecule has 0 aromatic heterocycles. The number of nitrogens with one attached hydrogen (secondary N) is 1. The van der Waals surface area contributed by atoms with Gasteiger partial charge in [-0.1, -0.05) is 0 Å². The lowest BCUT2D eigenvalue weighted by Crippen LogP contribution is -2.40. The Morgan fingerprint density at radius 1 is 0.897 bits per heavy atom. The topological polar surface area (TPSA) is 92.8 Å². The molecule has 1 saturated carbocycles. The zero-order valence-corrected chi connectivity index (χ0v) is 17.2. The quantitative estimate of drug-likeness (QED) is 0.733. The van der Waals surface area contributed by atoms with Gasteiger partial charge in [0.1, 0.15) is 0 Å². The van der Waals surface area contributed by atoms with Crippen molar-refractivity contribution in [2.75, 3.05) is 26.3 Å². The SMILES string of the molecule is O=S(=O)(NC1CCC(C(F)(F)F)CC1)c1ccc(S(=O)(=O)N2CCOCC2)cc1. The molecule has 1 aromatic rings. The van der Waals surface area contributed by atoms with E-state index in [0.717, 1.165) is 0 Å². The number of hydrogen-bond donors (Lipinski definition) is 1. The van der Waals surface area contributed by atoms with Crippen molar-refractivity contribution in [3.63, 3.8) is 0 Å². The number of halogens is 3. The van der Waals surface area contributed by atoms with Crippen LogP contribution in [0.5, 0.6) is 0 Å². The van der Waals surface area contributed by atoms with Crippen LogP contribution in [0.4, 0.5) is 13.2 Å². The molecule has 0 radical (unpaired) electrons. The predicted molar refractivity (Wildman–Crippen MR) is 98.1 cm³/mol. The average Bonchev–Trinajstić information content (AvgIpc) is 2.68. The number of alkyl halides is 3. The van der Waals surface area contributed by atoms with E-state index in [4.69, 9.17) is 4.74 Å². The molecule has 2 fully saturated rings. The fraction of sp³-hybridized carbons (Fsp3) is 0.647. The van der Waals surface area contributed by atoms with E-state index in [1.54, 1.807) is 0 Å². The van der Waals surface area contributed by atoms with Gasteiger partial charge in [-0.15, -0.1) is 0 Å². The van der Waals surface area contributed by atoms with E-state index in [1.807, 2.05) is 0 Å². The summed E-state index contributed by atoms with van der Waals surface area (Å²) in [4.78, 5) is -0.152. The summed E-state index contributed by atoms with van der Waals surface area (Å²) in [5, 5.41) is 0. The molecule has 2 aliphatic rings. The smallest absolute Gasteiger partial charge is 0.379 e. The van der Waals surface area contributed by atoms with Crippen molar-refractivity contribution in [2.24, 2.45) is 5.92 Å². The standard InChI is InChI=1S/C17H23F3N2O5S2/c18-17(19,20)13-1-3-14(4-2-13)21-28(23,24)15-5-7-16(8-6-15)29(25,26)22-9-11-27-12-10-22/h5-8,13-14,21H,1-4,9-12H2. The van der Waals surface area contributed by atoms with Gasteiger partial charge in [0.2, 0.25) is 20.0 Å². The number of ether oxygens (including phenoxy) is 1. The number of benzene rings is 1. The first-order chi connectivity index (χ1) is 13.5. The second-order valence-corrected chi connectivity index (χ2v) is 10.9. The van der Waals surface area contributed by atoms with Crippen molar-refractivity contribution >= 4 is 20.0 Å². The molecule has 0 bridgehead atoms. The van der Waals surface area contributed by atoms with Gasteiger partial charge in [-0.25, -0.2) is 21.6 Å². The molecule has 1 N–H and O–H groups in total. The van der Waals surface area contributed by atoms with E-state index in [1.165, 1.54) is 28.6 Å². The summed E-state index contributed by atoms with van der Waals surface area (Å²) in [7, 11) is -7.70. The Hall–Kier alpha value is -1.21. The maximum absolute atomic E-state index is 12.7. The summed E-state index contributed by atoms with van der Waals surface area (Å²) in [5.41, 5.74) is 0. The van der Waals surface area contributed by atoms with Gasteiger partial charge in [-0.05, 0) is 49.9 Å². The molecule has 0 spiro atoms. The van der Waals surface area contributed by atoms with Gasteiger partial charge in [0.05, 0.1) is 28.9 Å². The van der Waals surface area contributed by atoms with Gasteiger partial charge in [0.25, 0.3) is 0 Å². The lowest BCUT2D eigenvalue weighted by molar-refractivity contribution is -0.182. The molecule has 7 nitrogen and oxygen atoms in total. The fourth-order valence-corrected chi connectivity index (χ4v) is 6.27. The van der Waals surface area contributed by atoms with Crippen molar-refractivity contribution < 1.29 is 34.7 Å². The van der Waals surface area contributed by atoms with Crippen LogP contribution in [0.1, 0.15) is 25.7 Å². The maximum atomic E-state index is 12.7. The molecule has 3 rings (SSSR count). The summed E-state index contributed by atoms with van der Waals surface area (Å²) >= 11 is 0. The highest BCUT2D eigenvalue weighted by molar-refractivity contribution is 7.89. The molecule has 1 heterocycles. The zero-order chi connectivity index (χ0) is 21.3. The van der Waals surface area contributed by atoms with Crippen molar-refractivity contribution in [2.45, 2.75) is 47.7 Å². The van der Waals surface area contributed by atoms with Crippen molar-refractivity contribution in [1.82, 2.24) is 9.03 Å². The predicted octanol–water partition coefficient (Wildman–Crippen LogP) is 2.11. The minimum absolute atomic E-state index is 0.0240. The van der Waals surface area contributed by atoms with Crippen LogP contribution >= 0.6 is 0 Å². The van der Waals surface area contributed by atoms with Crippen LogP contribution in [0.25, 0.3) is 0 Å². The van der Waals surface area contributed by atoms with Crippen LogP contribution in [-0.2, 0) is 24.8 Å². The van der Waals surface area contributed by atoms with Crippen LogP contribution in [0.2, 0.25) is 0 Å². The summed E-state index contributed by atoms with van der Waals surface area (Å²) in [6, 6.07) is 4.25. The highest BCUT2D eigenvalue weighted by Crippen LogP contribution is 2.37. The molecule has 0 unspecified atom stereocenters. The highest BCUT2D eigenvalue weighted by Gasteiger charge is 2.42. The van der Waals surface area contributed by atoms with Gasteiger partial charge < -0.3 is 4.74 Å². The van der Waals surface area contributed by atoms with E-state index in [-0.39, 0.29) is 48.6 Å². The Morgan fingerprint density at radius 2 is 1.41 bits per heavy atom. The van der Waals surface area contributed by atoms with Crippen LogP contribution in [0, 0.1) is 5.92 Å². The largest absolute Gasteiger partial charge is 0.391 e. The Kier molecular flexibility index (Phi) is 6.59. The third-order valence-electron chi connectivity index (χ3n) is 5.25. The fourth-order valence-electron chi connectivity index (χ4n) is 3.55. The molecule has 1 aliphatic carbocycles. The van der Waals surface area contributed by atoms with Crippen LogP contribution in [0.15, 0.2) is 34.1 Å². The summed E-state index contributed by atoms with van der Waals surface area (Å²) in [5.74, 6) is -1.40. The Bertz CT molecular complexity index is 903. The normalized spacial score (nSPS) is 25.1. The van der Waals surface area contributed by atoms with E-state index in [0.29, 0.717) is 13.2 Å². The summed E-state index contributed by atoms with van der Waals surface area (Å²) in [6.07, 6.45) is -4.29. The molecular formula is C17H23F3N2O5S2. The molecular weight excluding hydrogens is 433 g/mol. The first-order valence-electron chi connectivity index (χ1n) is 9.27. The third kappa shape index (κ3) is 5.29. The Morgan fingerprint density at radius 3 is 1.93 bits per heavy atom. The minimum atomic E-state index is -4.26. The molecule has 12 heteroatoms. The van der Waals surface area contributed by atoms with E-state index >= 15 is 0 Å². The molecule has 1 aromatic carbocycles. The van der Waals surface area contributed by atoms with Gasteiger partial charge in [0, 0.05) is 19.1 Å². The number of sulfonamides is 2. The molecule has 0 amide bonds.